The van der Waals surface area contributed by atoms with Crippen molar-refractivity contribution in [3.63, 3.8) is 0 Å². The summed E-state index contributed by atoms with van der Waals surface area (Å²) in [5.41, 5.74) is 5.41. The van der Waals surface area contributed by atoms with Gasteiger partial charge < -0.3 is 5.73 Å². The van der Waals surface area contributed by atoms with Crippen molar-refractivity contribution >= 4 is 11.3 Å². The molecule has 0 radical (unpaired) electrons. The lowest BCUT2D eigenvalue weighted by Gasteiger charge is -1.88. The van der Waals surface area contributed by atoms with E-state index in [1.165, 1.54) is 16.3 Å². The molecule has 0 aliphatic carbocycles. The predicted molar refractivity (Wildman–Crippen MR) is 48.9 cm³/mol. The topological polar surface area (TPSA) is 38.9 Å². The molecule has 0 bridgehead atoms. The van der Waals surface area contributed by atoms with E-state index in [2.05, 4.69) is 11.9 Å². The molecule has 0 spiro atoms. The Morgan fingerprint density at radius 1 is 1.55 bits per heavy atom. The van der Waals surface area contributed by atoms with E-state index in [1.807, 2.05) is 6.20 Å². The summed E-state index contributed by atoms with van der Waals surface area (Å²) in [7, 11) is 0. The Morgan fingerprint density at radius 2 is 2.36 bits per heavy atom. The van der Waals surface area contributed by atoms with Gasteiger partial charge in [0.05, 0.1) is 5.01 Å². The summed E-state index contributed by atoms with van der Waals surface area (Å²) in [5, 5.41) is 1.18. The first-order valence-corrected chi connectivity index (χ1v) is 4.82. The number of rotatable bonds is 4. The lowest BCUT2D eigenvalue weighted by Crippen LogP contribution is -2.01. The lowest BCUT2D eigenvalue weighted by molar-refractivity contribution is 0.932. The van der Waals surface area contributed by atoms with Gasteiger partial charge in [0.25, 0.3) is 0 Å². The SMILES string of the molecule is CCCc1cnc(CCN)s1. The maximum absolute atomic E-state index is 5.41. The van der Waals surface area contributed by atoms with E-state index in [1.54, 1.807) is 11.3 Å². The minimum Gasteiger partial charge on any atom is -0.330 e. The van der Waals surface area contributed by atoms with Gasteiger partial charge in [-0.05, 0) is 13.0 Å². The Morgan fingerprint density at radius 3 is 3.00 bits per heavy atom. The zero-order chi connectivity index (χ0) is 8.10. The van der Waals surface area contributed by atoms with Crippen LogP contribution in [0.3, 0.4) is 0 Å². The highest BCUT2D eigenvalue weighted by molar-refractivity contribution is 7.11. The highest BCUT2D eigenvalue weighted by Gasteiger charge is 1.98. The maximum atomic E-state index is 5.41. The Bertz CT molecular complexity index is 187. The van der Waals surface area contributed by atoms with E-state index < -0.39 is 0 Å². The van der Waals surface area contributed by atoms with Crippen LogP contribution in [-0.4, -0.2) is 11.5 Å². The number of thiazole rings is 1. The number of aromatic nitrogens is 1. The molecule has 2 N–H and O–H groups in total. The first-order chi connectivity index (χ1) is 5.36. The second-order valence-electron chi connectivity index (χ2n) is 2.51. The largest absolute Gasteiger partial charge is 0.330 e. The summed E-state index contributed by atoms with van der Waals surface area (Å²) in [4.78, 5) is 5.65. The van der Waals surface area contributed by atoms with Gasteiger partial charge in [-0.2, -0.15) is 0 Å². The summed E-state index contributed by atoms with van der Waals surface area (Å²) >= 11 is 1.79. The Balaban J connectivity index is 2.51. The number of aryl methyl sites for hydroxylation is 1. The third kappa shape index (κ3) is 2.60. The lowest BCUT2D eigenvalue weighted by atomic mass is 10.3. The van der Waals surface area contributed by atoms with Gasteiger partial charge >= 0.3 is 0 Å². The van der Waals surface area contributed by atoms with E-state index in [4.69, 9.17) is 5.73 Å². The molecule has 0 aromatic carbocycles. The fourth-order valence-corrected chi connectivity index (χ4v) is 1.99. The molecule has 62 valence electrons. The summed E-state index contributed by atoms with van der Waals surface area (Å²) < 4.78 is 0. The van der Waals surface area contributed by atoms with Crippen LogP contribution in [0.15, 0.2) is 6.20 Å². The fourth-order valence-electron chi connectivity index (χ4n) is 0.949. The Labute approximate surface area is 71.5 Å². The average molecular weight is 170 g/mol. The van der Waals surface area contributed by atoms with Gasteiger partial charge in [0.1, 0.15) is 0 Å². The second kappa shape index (κ2) is 4.46. The number of nitrogens with two attached hydrogens (primary N) is 1. The molecule has 0 unspecified atom stereocenters. The van der Waals surface area contributed by atoms with Crippen LogP contribution < -0.4 is 5.73 Å². The molecule has 0 aliphatic heterocycles. The fraction of sp³-hybridized carbons (Fsp3) is 0.625. The first-order valence-electron chi connectivity index (χ1n) is 4.00. The first kappa shape index (κ1) is 8.68. The van der Waals surface area contributed by atoms with Crippen molar-refractivity contribution in [2.75, 3.05) is 6.54 Å². The van der Waals surface area contributed by atoms with Gasteiger partial charge in [0.15, 0.2) is 0 Å². The van der Waals surface area contributed by atoms with Gasteiger partial charge in [-0.15, -0.1) is 11.3 Å². The van der Waals surface area contributed by atoms with Crippen molar-refractivity contribution in [1.29, 1.82) is 0 Å². The summed E-state index contributed by atoms with van der Waals surface area (Å²) in [6.45, 7) is 2.89. The molecule has 0 amide bonds. The molecule has 3 heteroatoms. The molecular formula is C8H14N2S. The zero-order valence-electron chi connectivity index (χ0n) is 6.84. The zero-order valence-corrected chi connectivity index (χ0v) is 7.66. The minimum atomic E-state index is 0.707. The van der Waals surface area contributed by atoms with E-state index >= 15 is 0 Å². The summed E-state index contributed by atoms with van der Waals surface area (Å²) in [6.07, 6.45) is 5.25. The van der Waals surface area contributed by atoms with Gasteiger partial charge in [0.2, 0.25) is 0 Å². The van der Waals surface area contributed by atoms with Gasteiger partial charge in [-0.3, -0.25) is 0 Å². The standard InChI is InChI=1S/C8H14N2S/c1-2-3-7-6-10-8(11-7)4-5-9/h6H,2-5,9H2,1H3. The molecule has 1 rings (SSSR count). The van der Waals surface area contributed by atoms with Crippen molar-refractivity contribution in [3.8, 4) is 0 Å². The van der Waals surface area contributed by atoms with Crippen LogP contribution in [0, 0.1) is 0 Å². The van der Waals surface area contributed by atoms with Crippen LogP contribution in [0.5, 0.6) is 0 Å². The molecule has 0 aliphatic rings. The highest BCUT2D eigenvalue weighted by atomic mass is 32.1. The van der Waals surface area contributed by atoms with Gasteiger partial charge in [0, 0.05) is 17.5 Å². The second-order valence-corrected chi connectivity index (χ2v) is 3.71. The predicted octanol–water partition coefficient (Wildman–Crippen LogP) is 1.60. The smallest absolute Gasteiger partial charge is 0.0940 e. The Kier molecular flexibility index (Phi) is 3.52. The Hall–Kier alpha value is -0.410. The molecule has 11 heavy (non-hydrogen) atoms. The van der Waals surface area contributed by atoms with Crippen LogP contribution in [0.2, 0.25) is 0 Å². The van der Waals surface area contributed by atoms with Gasteiger partial charge in [-0.1, -0.05) is 13.3 Å². The van der Waals surface area contributed by atoms with E-state index in [9.17, 15) is 0 Å². The molecule has 1 heterocycles. The quantitative estimate of drug-likeness (QED) is 0.745. The van der Waals surface area contributed by atoms with E-state index in [0.29, 0.717) is 6.54 Å². The average Bonchev–Trinajstić information content (AvgIpc) is 2.38. The third-order valence-electron chi connectivity index (χ3n) is 1.46. The number of hydrogen-bond donors (Lipinski definition) is 1. The van der Waals surface area contributed by atoms with E-state index in [-0.39, 0.29) is 0 Å². The molecule has 1 aromatic heterocycles. The maximum Gasteiger partial charge on any atom is 0.0940 e. The third-order valence-corrected chi connectivity index (χ3v) is 2.57. The monoisotopic (exact) mass is 170 g/mol. The molecule has 0 saturated carbocycles. The number of hydrogen-bond acceptors (Lipinski definition) is 3. The van der Waals surface area contributed by atoms with Crippen molar-refractivity contribution in [3.05, 3.63) is 16.1 Å². The van der Waals surface area contributed by atoms with Gasteiger partial charge in [-0.25, -0.2) is 4.98 Å². The van der Waals surface area contributed by atoms with Crippen molar-refractivity contribution in [2.24, 2.45) is 5.73 Å². The normalized spacial score (nSPS) is 10.4. The molecule has 2 nitrogen and oxygen atoms in total. The molecular weight excluding hydrogens is 156 g/mol. The minimum absolute atomic E-state index is 0.707. The van der Waals surface area contributed by atoms with Crippen LogP contribution in [0.1, 0.15) is 23.2 Å². The molecule has 0 saturated heterocycles. The number of nitrogens with zero attached hydrogens (tertiary/aromatic N) is 1. The molecule has 0 atom stereocenters. The molecule has 0 fully saturated rings. The van der Waals surface area contributed by atoms with Crippen LogP contribution >= 0.6 is 11.3 Å². The van der Waals surface area contributed by atoms with Crippen molar-refractivity contribution in [2.45, 2.75) is 26.2 Å². The van der Waals surface area contributed by atoms with Crippen molar-refractivity contribution in [1.82, 2.24) is 4.98 Å². The highest BCUT2D eigenvalue weighted by Crippen LogP contribution is 2.14. The van der Waals surface area contributed by atoms with E-state index in [0.717, 1.165) is 12.8 Å². The van der Waals surface area contributed by atoms with Crippen LogP contribution in [-0.2, 0) is 12.8 Å². The molecule has 1 aromatic rings. The van der Waals surface area contributed by atoms with Crippen LogP contribution in [0.25, 0.3) is 0 Å². The summed E-state index contributed by atoms with van der Waals surface area (Å²) in [5.74, 6) is 0. The summed E-state index contributed by atoms with van der Waals surface area (Å²) in [6, 6.07) is 0. The van der Waals surface area contributed by atoms with Crippen molar-refractivity contribution < 1.29 is 0 Å². The van der Waals surface area contributed by atoms with Crippen LogP contribution in [0.4, 0.5) is 0 Å².